The summed E-state index contributed by atoms with van der Waals surface area (Å²) in [7, 11) is 1.73. The molecule has 6 heteroatoms. The largest absolute Gasteiger partial charge is 0.336 e. The van der Waals surface area contributed by atoms with E-state index in [1.54, 1.807) is 47.2 Å². The second-order valence-corrected chi connectivity index (χ2v) is 7.37. The van der Waals surface area contributed by atoms with Gasteiger partial charge >= 0.3 is 5.69 Å². The monoisotopic (exact) mass is 346 g/mol. The van der Waals surface area contributed by atoms with E-state index in [-0.39, 0.29) is 11.2 Å². The highest BCUT2D eigenvalue weighted by atomic mass is 35.5. The molecule has 0 N–H and O–H groups in total. The third-order valence-corrected chi connectivity index (χ3v) is 6.06. The summed E-state index contributed by atoms with van der Waals surface area (Å²) < 4.78 is 2.84. The Kier molecular flexibility index (Phi) is 3.43. The first-order valence-corrected chi connectivity index (χ1v) is 8.79. The Labute approximate surface area is 141 Å². The first-order valence-electron chi connectivity index (χ1n) is 7.60. The number of hydrogen-bond donors (Lipinski definition) is 0. The molecule has 0 saturated heterocycles. The number of halogens is 1. The lowest BCUT2D eigenvalue weighted by Crippen LogP contribution is -2.37. The molecule has 0 fully saturated rings. The third kappa shape index (κ3) is 2.18. The van der Waals surface area contributed by atoms with Gasteiger partial charge in [0.25, 0.3) is 5.56 Å². The van der Waals surface area contributed by atoms with Gasteiger partial charge in [-0.2, -0.15) is 0 Å². The minimum Gasteiger partial charge on any atom is -0.287 e. The minimum absolute atomic E-state index is 0.218. The average Bonchev–Trinajstić information content (AvgIpc) is 2.94. The first kappa shape index (κ1) is 14.7. The number of benzene rings is 1. The molecular weight excluding hydrogens is 332 g/mol. The molecule has 4 nitrogen and oxygen atoms in total. The first-order chi connectivity index (χ1) is 11.1. The normalized spacial score (nSPS) is 14.2. The fourth-order valence-corrected chi connectivity index (χ4v) is 4.72. The predicted molar refractivity (Wildman–Crippen MR) is 94.3 cm³/mol. The van der Waals surface area contributed by atoms with Crippen LogP contribution in [-0.2, 0) is 19.9 Å². The van der Waals surface area contributed by atoms with Gasteiger partial charge in [0.15, 0.2) is 0 Å². The van der Waals surface area contributed by atoms with Crippen molar-refractivity contribution in [3.05, 3.63) is 60.6 Å². The van der Waals surface area contributed by atoms with Gasteiger partial charge in [-0.15, -0.1) is 11.3 Å². The predicted octanol–water partition coefficient (Wildman–Crippen LogP) is 3.28. The molecule has 1 aliphatic carbocycles. The number of hydrogen-bond acceptors (Lipinski definition) is 3. The van der Waals surface area contributed by atoms with Crippen LogP contribution in [-0.4, -0.2) is 9.13 Å². The highest BCUT2D eigenvalue weighted by molar-refractivity contribution is 7.18. The number of nitrogens with zero attached hydrogens (tertiary/aromatic N) is 2. The molecule has 0 amide bonds. The summed E-state index contributed by atoms with van der Waals surface area (Å²) in [4.78, 5) is 27.8. The smallest absolute Gasteiger partial charge is 0.287 e. The minimum atomic E-state index is -0.316. The van der Waals surface area contributed by atoms with Gasteiger partial charge in [0.05, 0.1) is 11.1 Å². The van der Waals surface area contributed by atoms with Gasteiger partial charge in [0, 0.05) is 16.9 Å². The maximum Gasteiger partial charge on any atom is 0.336 e. The van der Waals surface area contributed by atoms with Gasteiger partial charge in [-0.1, -0.05) is 11.6 Å². The molecule has 3 aromatic rings. The summed E-state index contributed by atoms with van der Waals surface area (Å²) in [5, 5.41) is 1.29. The maximum atomic E-state index is 13.0. The molecule has 0 atom stereocenters. The highest BCUT2D eigenvalue weighted by Gasteiger charge is 2.22. The van der Waals surface area contributed by atoms with Gasteiger partial charge in [-0.25, -0.2) is 9.36 Å². The zero-order valence-electron chi connectivity index (χ0n) is 12.6. The van der Waals surface area contributed by atoms with Gasteiger partial charge in [0.1, 0.15) is 4.83 Å². The lowest BCUT2D eigenvalue weighted by Gasteiger charge is -2.11. The van der Waals surface area contributed by atoms with Crippen LogP contribution in [0.25, 0.3) is 15.9 Å². The summed E-state index contributed by atoms with van der Waals surface area (Å²) in [5.41, 5.74) is 1.16. The van der Waals surface area contributed by atoms with Gasteiger partial charge in [-0.3, -0.25) is 9.36 Å². The Balaban J connectivity index is 2.11. The zero-order valence-corrected chi connectivity index (χ0v) is 14.2. The van der Waals surface area contributed by atoms with Crippen molar-refractivity contribution < 1.29 is 0 Å². The number of aromatic nitrogens is 2. The van der Waals surface area contributed by atoms with Gasteiger partial charge in [-0.05, 0) is 55.5 Å². The second-order valence-electron chi connectivity index (χ2n) is 5.85. The molecule has 0 aliphatic heterocycles. The molecule has 1 aromatic carbocycles. The Bertz CT molecular complexity index is 1030. The van der Waals surface area contributed by atoms with Crippen molar-refractivity contribution in [2.75, 3.05) is 0 Å². The molecule has 23 heavy (non-hydrogen) atoms. The quantitative estimate of drug-likeness (QED) is 0.678. The Morgan fingerprint density at radius 2 is 1.78 bits per heavy atom. The van der Waals surface area contributed by atoms with Crippen LogP contribution >= 0.6 is 22.9 Å². The third-order valence-electron chi connectivity index (χ3n) is 4.44. The van der Waals surface area contributed by atoms with Crippen molar-refractivity contribution >= 4 is 33.2 Å². The van der Waals surface area contributed by atoms with Crippen molar-refractivity contribution in [2.45, 2.75) is 25.7 Å². The van der Waals surface area contributed by atoms with E-state index >= 15 is 0 Å². The fraction of sp³-hybridized carbons (Fsp3) is 0.294. The average molecular weight is 347 g/mol. The zero-order chi connectivity index (χ0) is 16.1. The number of fused-ring (bicyclic) bond motifs is 3. The molecule has 1 aliphatic rings. The summed E-state index contributed by atoms with van der Waals surface area (Å²) in [6, 6.07) is 6.79. The lowest BCUT2D eigenvalue weighted by molar-refractivity contribution is 0.698. The molecule has 0 radical (unpaired) electrons. The second kappa shape index (κ2) is 5.35. The van der Waals surface area contributed by atoms with Crippen LogP contribution in [0.15, 0.2) is 33.9 Å². The molecule has 0 unspecified atom stereocenters. The molecule has 2 aromatic heterocycles. The van der Waals surface area contributed by atoms with E-state index in [4.69, 9.17) is 11.6 Å². The maximum absolute atomic E-state index is 13.0. The molecule has 0 bridgehead atoms. The van der Waals surface area contributed by atoms with E-state index < -0.39 is 0 Å². The van der Waals surface area contributed by atoms with Gasteiger partial charge in [0.2, 0.25) is 0 Å². The Morgan fingerprint density at radius 3 is 2.52 bits per heavy atom. The molecule has 2 heterocycles. The van der Waals surface area contributed by atoms with Crippen LogP contribution < -0.4 is 11.2 Å². The van der Waals surface area contributed by atoms with E-state index in [0.29, 0.717) is 16.1 Å². The van der Waals surface area contributed by atoms with E-state index in [0.717, 1.165) is 36.1 Å². The van der Waals surface area contributed by atoms with Crippen LogP contribution in [0.5, 0.6) is 0 Å². The molecule has 0 saturated carbocycles. The standard InChI is InChI=1S/C17H15ClN2O2S/c1-19-16-14(12-4-2-3-5-13(12)23-16)15(21)20(17(19)22)11-8-6-10(18)7-9-11/h6-9H,2-5H2,1H3. The van der Waals surface area contributed by atoms with Crippen LogP contribution in [0.1, 0.15) is 23.3 Å². The molecular formula is C17H15ClN2O2S. The van der Waals surface area contributed by atoms with Crippen LogP contribution in [0.2, 0.25) is 5.02 Å². The molecule has 118 valence electrons. The number of thiophene rings is 1. The van der Waals surface area contributed by atoms with E-state index in [1.165, 1.54) is 9.44 Å². The van der Waals surface area contributed by atoms with Crippen molar-refractivity contribution in [2.24, 2.45) is 7.05 Å². The molecule has 4 rings (SSSR count). The summed E-state index contributed by atoms with van der Waals surface area (Å²) in [6.45, 7) is 0. The van der Waals surface area contributed by atoms with E-state index in [2.05, 4.69) is 0 Å². The van der Waals surface area contributed by atoms with Crippen LogP contribution in [0, 0.1) is 0 Å². The number of aryl methyl sites for hydroxylation is 3. The summed E-state index contributed by atoms with van der Waals surface area (Å²) in [5.74, 6) is 0. The van der Waals surface area contributed by atoms with Crippen molar-refractivity contribution in [1.82, 2.24) is 9.13 Å². The van der Waals surface area contributed by atoms with E-state index in [1.807, 2.05) is 0 Å². The molecule has 0 spiro atoms. The SMILES string of the molecule is Cn1c(=O)n(-c2ccc(Cl)cc2)c(=O)c2c3c(sc21)CCCC3. The Hall–Kier alpha value is -1.85. The number of rotatable bonds is 1. The lowest BCUT2D eigenvalue weighted by atomic mass is 9.97. The van der Waals surface area contributed by atoms with Gasteiger partial charge < -0.3 is 0 Å². The van der Waals surface area contributed by atoms with Crippen molar-refractivity contribution in [3.63, 3.8) is 0 Å². The van der Waals surface area contributed by atoms with E-state index in [9.17, 15) is 9.59 Å². The fourth-order valence-electron chi connectivity index (χ4n) is 3.26. The van der Waals surface area contributed by atoms with Crippen molar-refractivity contribution in [1.29, 1.82) is 0 Å². The Morgan fingerprint density at radius 1 is 1.09 bits per heavy atom. The van der Waals surface area contributed by atoms with Crippen molar-refractivity contribution in [3.8, 4) is 5.69 Å². The summed E-state index contributed by atoms with van der Waals surface area (Å²) >= 11 is 7.50. The summed E-state index contributed by atoms with van der Waals surface area (Å²) in [6.07, 6.45) is 4.17. The topological polar surface area (TPSA) is 44.0 Å². The highest BCUT2D eigenvalue weighted by Crippen LogP contribution is 2.33. The van der Waals surface area contributed by atoms with Crippen LogP contribution in [0.4, 0.5) is 0 Å². The van der Waals surface area contributed by atoms with Crippen LogP contribution in [0.3, 0.4) is 0 Å².